The quantitative estimate of drug-likeness (QED) is 0.741. The molecular formula is C18H28FNO3. The van der Waals surface area contributed by atoms with E-state index in [0.29, 0.717) is 5.75 Å². The maximum atomic E-state index is 13.5. The van der Waals surface area contributed by atoms with Crippen molar-refractivity contribution >= 4 is 5.97 Å². The fourth-order valence-corrected chi connectivity index (χ4v) is 3.01. The zero-order valence-electron chi connectivity index (χ0n) is 14.6. The van der Waals surface area contributed by atoms with E-state index in [4.69, 9.17) is 15.2 Å². The normalized spacial score (nSPS) is 15.1. The molecule has 0 amide bonds. The van der Waals surface area contributed by atoms with Crippen LogP contribution in [0.1, 0.15) is 52.0 Å². The highest BCUT2D eigenvalue weighted by molar-refractivity contribution is 5.75. The first-order valence-electron chi connectivity index (χ1n) is 8.15. The monoisotopic (exact) mass is 325 g/mol. The Kier molecular flexibility index (Phi) is 7.49. The van der Waals surface area contributed by atoms with E-state index in [0.717, 1.165) is 18.4 Å². The van der Waals surface area contributed by atoms with Crippen LogP contribution in [-0.2, 0) is 9.53 Å². The number of rotatable bonds is 8. The molecule has 0 saturated carbocycles. The molecule has 130 valence electrons. The Morgan fingerprint density at radius 3 is 2.35 bits per heavy atom. The summed E-state index contributed by atoms with van der Waals surface area (Å²) in [6.07, 6.45) is 1.46. The van der Waals surface area contributed by atoms with Gasteiger partial charge in [-0.2, -0.15) is 0 Å². The van der Waals surface area contributed by atoms with Gasteiger partial charge < -0.3 is 15.2 Å². The maximum absolute atomic E-state index is 13.5. The fourth-order valence-electron chi connectivity index (χ4n) is 3.01. The highest BCUT2D eigenvalue weighted by Crippen LogP contribution is 2.39. The van der Waals surface area contributed by atoms with Gasteiger partial charge in [0.05, 0.1) is 7.11 Å². The Morgan fingerprint density at radius 2 is 1.87 bits per heavy atom. The number of hydrogen-bond acceptors (Lipinski definition) is 4. The molecule has 0 aromatic heterocycles. The van der Waals surface area contributed by atoms with Crippen molar-refractivity contribution in [3.05, 3.63) is 29.6 Å². The molecule has 0 fully saturated rings. The number of nitrogens with two attached hydrogens (primary N) is 1. The molecule has 1 rings (SSSR count). The van der Waals surface area contributed by atoms with Gasteiger partial charge in [-0.05, 0) is 25.8 Å². The van der Waals surface area contributed by atoms with Crippen LogP contribution in [0.2, 0.25) is 0 Å². The van der Waals surface area contributed by atoms with Crippen LogP contribution in [0.5, 0.6) is 5.75 Å². The summed E-state index contributed by atoms with van der Waals surface area (Å²) in [6.45, 7) is 7.64. The number of carbonyl (C=O) groups excluding carboxylic acids is 1. The third-order valence-electron chi connectivity index (χ3n) is 4.29. The molecule has 0 aliphatic heterocycles. The number of hydrogen-bond donors (Lipinski definition) is 1. The van der Waals surface area contributed by atoms with Gasteiger partial charge in [0.1, 0.15) is 23.7 Å². The molecular weight excluding hydrogens is 297 g/mol. The zero-order chi connectivity index (χ0) is 17.6. The van der Waals surface area contributed by atoms with Crippen LogP contribution in [0.4, 0.5) is 4.39 Å². The minimum atomic E-state index is -0.671. The molecule has 23 heavy (non-hydrogen) atoms. The van der Waals surface area contributed by atoms with Gasteiger partial charge >= 0.3 is 5.97 Å². The second-order valence-corrected chi connectivity index (χ2v) is 5.92. The van der Waals surface area contributed by atoms with Gasteiger partial charge in [-0.25, -0.2) is 4.39 Å². The number of carbonyl (C=O) groups is 1. The standard InChI is InChI=1S/C18H28FNO3/c1-6-13(7-2)17(12(4)23-18(21)11(3)20)15-9-8-14(19)10-16(15)22-5/h8-13,17H,6-7,20H2,1-5H3/t11-,12-,17-/m0/s1. The second-order valence-electron chi connectivity index (χ2n) is 5.92. The summed E-state index contributed by atoms with van der Waals surface area (Å²) in [6, 6.07) is 3.82. The van der Waals surface area contributed by atoms with Crippen LogP contribution in [0, 0.1) is 11.7 Å². The van der Waals surface area contributed by atoms with Crippen molar-refractivity contribution in [2.45, 2.75) is 58.6 Å². The number of ether oxygens (including phenoxy) is 2. The number of esters is 1. The van der Waals surface area contributed by atoms with Crippen LogP contribution in [-0.4, -0.2) is 25.2 Å². The lowest BCUT2D eigenvalue weighted by molar-refractivity contribution is -0.151. The first-order valence-corrected chi connectivity index (χ1v) is 8.15. The summed E-state index contributed by atoms with van der Waals surface area (Å²) in [5.41, 5.74) is 6.45. The van der Waals surface area contributed by atoms with E-state index in [1.807, 2.05) is 6.92 Å². The first-order chi connectivity index (χ1) is 10.8. The SMILES string of the molecule is CCC(CC)[C@@H](c1ccc(F)cc1OC)[C@H](C)OC(=O)[C@H](C)N. The van der Waals surface area contributed by atoms with Gasteiger partial charge in [0.15, 0.2) is 0 Å². The van der Waals surface area contributed by atoms with Crippen molar-refractivity contribution in [3.8, 4) is 5.75 Å². The molecule has 1 aromatic carbocycles. The molecule has 0 heterocycles. The molecule has 3 atom stereocenters. The van der Waals surface area contributed by atoms with Crippen LogP contribution in [0.15, 0.2) is 18.2 Å². The van der Waals surface area contributed by atoms with Crippen LogP contribution < -0.4 is 10.5 Å². The summed E-state index contributed by atoms with van der Waals surface area (Å²) < 4.78 is 24.4. The topological polar surface area (TPSA) is 61.5 Å². The van der Waals surface area contributed by atoms with E-state index in [1.165, 1.54) is 19.2 Å². The third-order valence-corrected chi connectivity index (χ3v) is 4.29. The lowest BCUT2D eigenvalue weighted by atomic mass is 9.79. The van der Waals surface area contributed by atoms with Crippen molar-refractivity contribution in [3.63, 3.8) is 0 Å². The molecule has 0 radical (unpaired) electrons. The Bertz CT molecular complexity index is 515. The Morgan fingerprint density at radius 1 is 1.26 bits per heavy atom. The van der Waals surface area contributed by atoms with Crippen molar-refractivity contribution in [2.24, 2.45) is 11.7 Å². The molecule has 0 aliphatic carbocycles. The molecule has 1 aromatic rings. The van der Waals surface area contributed by atoms with Gasteiger partial charge in [-0.3, -0.25) is 4.79 Å². The van der Waals surface area contributed by atoms with Gasteiger partial charge in [-0.15, -0.1) is 0 Å². The second kappa shape index (κ2) is 8.87. The smallest absolute Gasteiger partial charge is 0.322 e. The summed E-state index contributed by atoms with van der Waals surface area (Å²) in [4.78, 5) is 11.9. The van der Waals surface area contributed by atoms with Crippen LogP contribution >= 0.6 is 0 Å². The first kappa shape index (κ1) is 19.4. The third kappa shape index (κ3) is 4.93. The summed E-state index contributed by atoms with van der Waals surface area (Å²) in [5, 5.41) is 0. The van der Waals surface area contributed by atoms with E-state index in [-0.39, 0.29) is 23.8 Å². The Labute approximate surface area is 138 Å². The average Bonchev–Trinajstić information content (AvgIpc) is 2.52. The molecule has 0 unspecified atom stereocenters. The van der Waals surface area contributed by atoms with Gasteiger partial charge in [0.2, 0.25) is 0 Å². The maximum Gasteiger partial charge on any atom is 0.322 e. The number of benzene rings is 1. The van der Waals surface area contributed by atoms with Gasteiger partial charge in [0.25, 0.3) is 0 Å². The van der Waals surface area contributed by atoms with Crippen molar-refractivity contribution in [2.75, 3.05) is 7.11 Å². The minimum Gasteiger partial charge on any atom is -0.496 e. The lowest BCUT2D eigenvalue weighted by Crippen LogP contribution is -2.35. The lowest BCUT2D eigenvalue weighted by Gasteiger charge is -2.32. The molecule has 0 bridgehead atoms. The van der Waals surface area contributed by atoms with Crippen molar-refractivity contribution in [1.82, 2.24) is 0 Å². The summed E-state index contributed by atoms with van der Waals surface area (Å²) in [5.74, 6) is -0.109. The highest BCUT2D eigenvalue weighted by Gasteiger charge is 2.31. The zero-order valence-corrected chi connectivity index (χ0v) is 14.6. The molecule has 0 spiro atoms. The Balaban J connectivity index is 3.22. The number of halogens is 1. The largest absolute Gasteiger partial charge is 0.496 e. The van der Waals surface area contributed by atoms with E-state index in [1.54, 1.807) is 13.0 Å². The van der Waals surface area contributed by atoms with E-state index < -0.39 is 12.0 Å². The molecule has 4 nitrogen and oxygen atoms in total. The van der Waals surface area contributed by atoms with E-state index in [2.05, 4.69) is 13.8 Å². The molecule has 0 saturated heterocycles. The number of methoxy groups -OCH3 is 1. The Hall–Kier alpha value is -1.62. The van der Waals surface area contributed by atoms with E-state index >= 15 is 0 Å². The fraction of sp³-hybridized carbons (Fsp3) is 0.611. The van der Waals surface area contributed by atoms with E-state index in [9.17, 15) is 9.18 Å². The predicted octanol–water partition coefficient (Wildman–Crippen LogP) is 3.63. The summed E-state index contributed by atoms with van der Waals surface area (Å²) >= 11 is 0. The van der Waals surface area contributed by atoms with Gasteiger partial charge in [0, 0.05) is 17.5 Å². The molecule has 2 N–H and O–H groups in total. The van der Waals surface area contributed by atoms with Gasteiger partial charge in [-0.1, -0.05) is 32.8 Å². The molecule has 5 heteroatoms. The minimum absolute atomic E-state index is 0.0803. The van der Waals surface area contributed by atoms with Crippen molar-refractivity contribution < 1.29 is 18.7 Å². The molecule has 0 aliphatic rings. The van der Waals surface area contributed by atoms with Crippen LogP contribution in [0.3, 0.4) is 0 Å². The predicted molar refractivity (Wildman–Crippen MR) is 89.0 cm³/mol. The average molecular weight is 325 g/mol. The van der Waals surface area contributed by atoms with Crippen LogP contribution in [0.25, 0.3) is 0 Å². The summed E-state index contributed by atoms with van der Waals surface area (Å²) in [7, 11) is 1.51. The van der Waals surface area contributed by atoms with Crippen molar-refractivity contribution in [1.29, 1.82) is 0 Å². The highest BCUT2D eigenvalue weighted by atomic mass is 19.1.